The number of rotatable bonds is 0. The van der Waals surface area contributed by atoms with E-state index >= 15 is 0 Å². The highest BCUT2D eigenvalue weighted by atomic mass is 35.5. The highest BCUT2D eigenvalue weighted by Gasteiger charge is 2.12. The first-order chi connectivity index (χ1) is 6.09. The predicted molar refractivity (Wildman–Crippen MR) is 53.2 cm³/mol. The number of hydrogen-bond donors (Lipinski definition) is 1. The van der Waals surface area contributed by atoms with Crippen molar-refractivity contribution in [3.8, 4) is 0 Å². The zero-order valence-corrected chi connectivity index (χ0v) is 8.28. The van der Waals surface area contributed by atoms with Gasteiger partial charge in [0, 0.05) is 5.02 Å². The Morgan fingerprint density at radius 1 is 1.46 bits per heavy atom. The number of hydrogen-bond acceptors (Lipinski definition) is 3. The van der Waals surface area contributed by atoms with Crippen LogP contribution in [-0.4, -0.2) is 4.98 Å². The average molecular weight is 217 g/mol. The largest absolute Gasteiger partial charge is 0.422 e. The van der Waals surface area contributed by atoms with Gasteiger partial charge in [0.15, 0.2) is 5.58 Å². The van der Waals surface area contributed by atoms with Crippen molar-refractivity contribution >= 4 is 40.3 Å². The first-order valence-electron chi connectivity index (χ1n) is 3.60. The smallest absolute Gasteiger partial charge is 0.293 e. The van der Waals surface area contributed by atoms with Crippen LogP contribution in [0.5, 0.6) is 0 Å². The molecule has 68 valence electrons. The average Bonchev–Trinajstić information content (AvgIpc) is 2.42. The number of nitrogens with zero attached hydrogens (tertiary/aromatic N) is 1. The maximum absolute atomic E-state index is 5.97. The molecular weight excluding hydrogens is 211 g/mol. The van der Waals surface area contributed by atoms with Gasteiger partial charge in [0.2, 0.25) is 0 Å². The molecule has 13 heavy (non-hydrogen) atoms. The Labute approximate surface area is 84.4 Å². The number of anilines is 1. The number of nitrogens with two attached hydrogens (primary N) is 1. The number of nitrogen functional groups attached to an aromatic ring is 1. The fourth-order valence-electron chi connectivity index (χ4n) is 1.11. The zero-order chi connectivity index (χ0) is 9.59. The molecule has 0 atom stereocenters. The van der Waals surface area contributed by atoms with Gasteiger partial charge in [0.05, 0.1) is 5.02 Å². The van der Waals surface area contributed by atoms with E-state index in [4.69, 9.17) is 33.4 Å². The summed E-state index contributed by atoms with van der Waals surface area (Å²) in [7, 11) is 0. The minimum absolute atomic E-state index is 0.0959. The van der Waals surface area contributed by atoms with Crippen LogP contribution in [0.4, 0.5) is 6.01 Å². The van der Waals surface area contributed by atoms with Crippen LogP contribution in [0, 0.1) is 6.92 Å². The third-order valence-electron chi connectivity index (χ3n) is 1.82. The Morgan fingerprint density at radius 2 is 2.15 bits per heavy atom. The minimum Gasteiger partial charge on any atom is -0.422 e. The molecule has 2 aromatic rings. The van der Waals surface area contributed by atoms with Crippen LogP contribution in [0.1, 0.15) is 5.56 Å². The molecule has 0 radical (unpaired) electrons. The summed E-state index contributed by atoms with van der Waals surface area (Å²) in [5.41, 5.74) is 7.22. The molecule has 0 aliphatic heterocycles. The summed E-state index contributed by atoms with van der Waals surface area (Å²) in [4.78, 5) is 3.92. The molecule has 2 N–H and O–H groups in total. The van der Waals surface area contributed by atoms with Crippen LogP contribution >= 0.6 is 23.2 Å². The summed E-state index contributed by atoms with van der Waals surface area (Å²) < 4.78 is 5.11. The molecule has 0 unspecified atom stereocenters. The Kier molecular flexibility index (Phi) is 1.86. The SMILES string of the molecule is Cc1c(Cl)cc2nc(N)oc2c1Cl. The molecule has 0 bridgehead atoms. The van der Waals surface area contributed by atoms with E-state index in [0.717, 1.165) is 5.56 Å². The van der Waals surface area contributed by atoms with E-state index < -0.39 is 0 Å². The van der Waals surface area contributed by atoms with Crippen molar-refractivity contribution in [1.82, 2.24) is 4.98 Å². The van der Waals surface area contributed by atoms with Crippen molar-refractivity contribution in [2.45, 2.75) is 6.92 Å². The van der Waals surface area contributed by atoms with Crippen molar-refractivity contribution in [1.29, 1.82) is 0 Å². The van der Waals surface area contributed by atoms with Gasteiger partial charge in [-0.2, -0.15) is 4.98 Å². The number of oxazole rings is 1. The number of halogens is 2. The lowest BCUT2D eigenvalue weighted by Crippen LogP contribution is -1.80. The van der Waals surface area contributed by atoms with Crippen molar-refractivity contribution in [3.63, 3.8) is 0 Å². The Morgan fingerprint density at radius 3 is 2.85 bits per heavy atom. The van der Waals surface area contributed by atoms with Crippen molar-refractivity contribution in [3.05, 3.63) is 21.7 Å². The van der Waals surface area contributed by atoms with E-state index in [0.29, 0.717) is 21.1 Å². The van der Waals surface area contributed by atoms with E-state index in [1.807, 2.05) is 6.92 Å². The van der Waals surface area contributed by atoms with Gasteiger partial charge in [-0.1, -0.05) is 23.2 Å². The lowest BCUT2D eigenvalue weighted by atomic mass is 10.2. The molecule has 0 fully saturated rings. The second-order valence-electron chi connectivity index (χ2n) is 2.70. The lowest BCUT2D eigenvalue weighted by molar-refractivity contribution is 0.626. The Balaban J connectivity index is 2.92. The number of fused-ring (bicyclic) bond motifs is 1. The van der Waals surface area contributed by atoms with Crippen LogP contribution in [-0.2, 0) is 0 Å². The van der Waals surface area contributed by atoms with Crippen molar-refractivity contribution < 1.29 is 4.42 Å². The summed E-state index contributed by atoms with van der Waals surface area (Å²) in [6.07, 6.45) is 0. The normalized spacial score (nSPS) is 11.0. The first-order valence-corrected chi connectivity index (χ1v) is 4.36. The molecule has 3 nitrogen and oxygen atoms in total. The van der Waals surface area contributed by atoms with Gasteiger partial charge in [0.25, 0.3) is 6.01 Å². The standard InChI is InChI=1S/C8H6Cl2N2O/c1-3-4(9)2-5-7(6(3)10)13-8(11)12-5/h2H,1H3,(H2,11,12). The highest BCUT2D eigenvalue weighted by Crippen LogP contribution is 2.33. The molecule has 1 heterocycles. The molecule has 0 aliphatic rings. The summed E-state index contributed by atoms with van der Waals surface area (Å²) in [5, 5.41) is 1.03. The third kappa shape index (κ3) is 1.24. The molecule has 5 heteroatoms. The number of benzene rings is 1. The fraction of sp³-hybridized carbons (Fsp3) is 0.125. The molecule has 0 amide bonds. The Bertz CT molecular complexity index is 478. The topological polar surface area (TPSA) is 52.0 Å². The van der Waals surface area contributed by atoms with Gasteiger partial charge in [-0.3, -0.25) is 0 Å². The predicted octanol–water partition coefficient (Wildman–Crippen LogP) is 3.03. The van der Waals surface area contributed by atoms with Crippen LogP contribution in [0.15, 0.2) is 10.5 Å². The van der Waals surface area contributed by atoms with Crippen LogP contribution in [0.2, 0.25) is 10.0 Å². The minimum atomic E-state index is 0.0959. The molecule has 1 aromatic carbocycles. The number of aromatic nitrogens is 1. The van der Waals surface area contributed by atoms with Crippen molar-refractivity contribution in [2.75, 3.05) is 5.73 Å². The van der Waals surface area contributed by atoms with Crippen molar-refractivity contribution in [2.24, 2.45) is 0 Å². The van der Waals surface area contributed by atoms with Crippen LogP contribution < -0.4 is 5.73 Å². The van der Waals surface area contributed by atoms with Crippen LogP contribution in [0.25, 0.3) is 11.1 Å². The van der Waals surface area contributed by atoms with E-state index in [2.05, 4.69) is 4.98 Å². The fourth-order valence-corrected chi connectivity index (χ4v) is 1.59. The summed E-state index contributed by atoms with van der Waals surface area (Å²) in [5.74, 6) is 0. The van der Waals surface area contributed by atoms with Gasteiger partial charge in [-0.15, -0.1) is 0 Å². The Hall–Kier alpha value is -0.930. The summed E-state index contributed by atoms with van der Waals surface area (Å²) in [6.45, 7) is 1.81. The molecule has 0 saturated heterocycles. The first kappa shape index (κ1) is 8.66. The van der Waals surface area contributed by atoms with Gasteiger partial charge >= 0.3 is 0 Å². The molecule has 0 spiro atoms. The second-order valence-corrected chi connectivity index (χ2v) is 3.48. The quantitative estimate of drug-likeness (QED) is 0.737. The van der Waals surface area contributed by atoms with Gasteiger partial charge < -0.3 is 10.2 Å². The van der Waals surface area contributed by atoms with E-state index in [1.54, 1.807) is 6.07 Å². The van der Waals surface area contributed by atoms with E-state index in [-0.39, 0.29) is 6.01 Å². The molecule has 0 aliphatic carbocycles. The zero-order valence-electron chi connectivity index (χ0n) is 6.77. The van der Waals surface area contributed by atoms with Gasteiger partial charge in [-0.25, -0.2) is 0 Å². The lowest BCUT2D eigenvalue weighted by Gasteiger charge is -1.99. The van der Waals surface area contributed by atoms with Crippen LogP contribution in [0.3, 0.4) is 0 Å². The molecule has 2 rings (SSSR count). The van der Waals surface area contributed by atoms with E-state index in [1.165, 1.54) is 0 Å². The summed E-state index contributed by atoms with van der Waals surface area (Å²) >= 11 is 11.9. The van der Waals surface area contributed by atoms with Gasteiger partial charge in [-0.05, 0) is 18.6 Å². The molecule has 1 aromatic heterocycles. The summed E-state index contributed by atoms with van der Waals surface area (Å²) in [6, 6.07) is 1.77. The highest BCUT2D eigenvalue weighted by molar-refractivity contribution is 6.39. The van der Waals surface area contributed by atoms with E-state index in [9.17, 15) is 0 Å². The maximum atomic E-state index is 5.97. The monoisotopic (exact) mass is 216 g/mol. The maximum Gasteiger partial charge on any atom is 0.293 e. The molecular formula is C8H6Cl2N2O. The third-order valence-corrected chi connectivity index (χ3v) is 2.67. The molecule has 0 saturated carbocycles. The van der Waals surface area contributed by atoms with Gasteiger partial charge in [0.1, 0.15) is 5.52 Å². The second kappa shape index (κ2) is 2.79.